The summed E-state index contributed by atoms with van der Waals surface area (Å²) < 4.78 is 40.1. The molecule has 0 radical (unpaired) electrons. The minimum Gasteiger partial charge on any atom is -0.480 e. The highest BCUT2D eigenvalue weighted by Gasteiger charge is 2.56. The van der Waals surface area contributed by atoms with Crippen molar-refractivity contribution in [2.24, 2.45) is 5.73 Å². The lowest BCUT2D eigenvalue weighted by molar-refractivity contribution is -0.275. The van der Waals surface area contributed by atoms with E-state index in [0.717, 1.165) is 17.8 Å². The number of thioether (sulfide) groups is 2. The fourth-order valence-corrected chi connectivity index (χ4v) is 5.49. The number of hydrogen-bond donors (Lipinski definition) is 2. The standard InChI is InChI=1S/C14H13F3N2O4S2/c15-14(16,17)23-7-3-1-2-4-8(7)25-13(12(21)22)5-19-10(20)9(18)11(19)24-6-13/h1-4,9,11H,5-6,18H2,(H,21,22)/t9-,11-,13?/m1/s1. The predicted molar refractivity (Wildman–Crippen MR) is 85.3 cm³/mol. The van der Waals surface area contributed by atoms with Gasteiger partial charge in [0.05, 0.1) is 4.90 Å². The molecular formula is C14H13F3N2O4S2. The topological polar surface area (TPSA) is 92.9 Å². The number of nitrogens with two attached hydrogens (primary N) is 1. The number of rotatable bonds is 4. The number of ether oxygens (including phenoxy) is 1. The average Bonchev–Trinajstić information content (AvgIpc) is 2.54. The van der Waals surface area contributed by atoms with Crippen LogP contribution in [0.3, 0.4) is 0 Å². The van der Waals surface area contributed by atoms with Crippen molar-refractivity contribution in [2.45, 2.75) is 27.4 Å². The van der Waals surface area contributed by atoms with Crippen LogP contribution in [0, 0.1) is 0 Å². The third-order valence-electron chi connectivity index (χ3n) is 3.87. The number of fused-ring (bicyclic) bond motifs is 1. The number of carbonyl (C=O) groups is 2. The molecule has 25 heavy (non-hydrogen) atoms. The van der Waals surface area contributed by atoms with Crippen LogP contribution in [0.4, 0.5) is 13.2 Å². The van der Waals surface area contributed by atoms with Crippen LogP contribution < -0.4 is 10.5 Å². The number of benzene rings is 1. The van der Waals surface area contributed by atoms with Crippen LogP contribution in [-0.2, 0) is 9.59 Å². The van der Waals surface area contributed by atoms with Crippen molar-refractivity contribution in [3.63, 3.8) is 0 Å². The van der Waals surface area contributed by atoms with E-state index in [0.29, 0.717) is 0 Å². The predicted octanol–water partition coefficient (Wildman–Crippen LogP) is 1.74. The molecule has 2 aliphatic heterocycles. The number of β-lactam (4-membered cyclic amide) rings is 1. The molecule has 1 amide bonds. The fourth-order valence-electron chi connectivity index (χ4n) is 2.64. The molecular weight excluding hydrogens is 381 g/mol. The Kier molecular flexibility index (Phi) is 4.58. The summed E-state index contributed by atoms with van der Waals surface area (Å²) in [4.78, 5) is 25.1. The number of carboxylic acid groups (broad SMARTS) is 1. The normalized spacial score (nSPS) is 29.0. The van der Waals surface area contributed by atoms with Crippen LogP contribution in [-0.4, -0.2) is 56.7 Å². The van der Waals surface area contributed by atoms with E-state index in [1.54, 1.807) is 0 Å². The second-order valence-electron chi connectivity index (χ2n) is 5.59. The van der Waals surface area contributed by atoms with E-state index in [1.807, 2.05) is 0 Å². The van der Waals surface area contributed by atoms with E-state index in [1.165, 1.54) is 34.9 Å². The minimum atomic E-state index is -4.89. The molecule has 136 valence electrons. The molecule has 6 nitrogen and oxygen atoms in total. The van der Waals surface area contributed by atoms with E-state index in [2.05, 4.69) is 4.74 Å². The molecule has 3 N–H and O–H groups in total. The number of hydrogen-bond acceptors (Lipinski definition) is 6. The zero-order valence-electron chi connectivity index (χ0n) is 12.5. The molecule has 11 heteroatoms. The van der Waals surface area contributed by atoms with Gasteiger partial charge in [0.2, 0.25) is 5.91 Å². The summed E-state index contributed by atoms with van der Waals surface area (Å²) in [6.07, 6.45) is -4.89. The van der Waals surface area contributed by atoms with Crippen LogP contribution in [0.15, 0.2) is 29.2 Å². The Hall–Kier alpha value is -1.59. The highest BCUT2D eigenvalue weighted by molar-refractivity contribution is 8.05. The van der Waals surface area contributed by atoms with Gasteiger partial charge in [0.1, 0.15) is 21.9 Å². The number of aliphatic carboxylic acids is 1. The van der Waals surface area contributed by atoms with Crippen molar-refractivity contribution >= 4 is 35.4 Å². The van der Waals surface area contributed by atoms with E-state index in [9.17, 15) is 27.9 Å². The Labute approximate surface area is 148 Å². The van der Waals surface area contributed by atoms with Gasteiger partial charge in [0, 0.05) is 12.3 Å². The first-order valence-corrected chi connectivity index (χ1v) is 8.94. The van der Waals surface area contributed by atoms with E-state index in [4.69, 9.17) is 5.73 Å². The highest BCUT2D eigenvalue weighted by Crippen LogP contribution is 2.48. The Morgan fingerprint density at radius 3 is 2.76 bits per heavy atom. The van der Waals surface area contributed by atoms with E-state index >= 15 is 0 Å². The Morgan fingerprint density at radius 1 is 1.44 bits per heavy atom. The van der Waals surface area contributed by atoms with Crippen LogP contribution in [0.2, 0.25) is 0 Å². The third kappa shape index (κ3) is 3.40. The van der Waals surface area contributed by atoms with Crippen molar-refractivity contribution in [2.75, 3.05) is 12.3 Å². The van der Waals surface area contributed by atoms with E-state index in [-0.39, 0.29) is 28.5 Å². The molecule has 0 aliphatic carbocycles. The number of halogens is 3. The van der Waals surface area contributed by atoms with Gasteiger partial charge in [-0.15, -0.1) is 36.7 Å². The van der Waals surface area contributed by atoms with E-state index < -0.39 is 28.9 Å². The molecule has 2 aliphatic rings. The smallest absolute Gasteiger partial charge is 0.480 e. The fraction of sp³-hybridized carbons (Fsp3) is 0.429. The molecule has 2 saturated heterocycles. The summed E-state index contributed by atoms with van der Waals surface area (Å²) in [6, 6.07) is 4.67. The summed E-state index contributed by atoms with van der Waals surface area (Å²) in [5.41, 5.74) is 5.68. The number of para-hydroxylation sites is 1. The van der Waals surface area contributed by atoms with Gasteiger partial charge >= 0.3 is 12.3 Å². The SMILES string of the molecule is N[C@@H]1C(=O)N2CC(Sc3ccccc3OC(F)(F)F)(C(=O)O)CS[C@H]12. The number of carbonyl (C=O) groups excluding carboxylic acids is 1. The molecule has 0 saturated carbocycles. The second-order valence-corrected chi connectivity index (χ2v) is 8.12. The van der Waals surface area contributed by atoms with Gasteiger partial charge in [-0.2, -0.15) is 0 Å². The molecule has 3 atom stereocenters. The van der Waals surface area contributed by atoms with Crippen LogP contribution in [0.25, 0.3) is 0 Å². The first-order chi connectivity index (χ1) is 11.6. The number of carboxylic acids is 1. The quantitative estimate of drug-likeness (QED) is 0.752. The molecule has 2 heterocycles. The number of alkyl halides is 3. The molecule has 1 aromatic rings. The van der Waals surface area contributed by atoms with Crippen LogP contribution in [0.5, 0.6) is 5.75 Å². The summed E-state index contributed by atoms with van der Waals surface area (Å²) in [6.45, 7) is -0.127. The van der Waals surface area contributed by atoms with Gasteiger partial charge in [-0.05, 0) is 12.1 Å². The first-order valence-electron chi connectivity index (χ1n) is 7.08. The monoisotopic (exact) mass is 394 g/mol. The van der Waals surface area contributed by atoms with Gasteiger partial charge in [-0.1, -0.05) is 12.1 Å². The van der Waals surface area contributed by atoms with Crippen molar-refractivity contribution in [1.82, 2.24) is 4.90 Å². The zero-order chi connectivity index (χ0) is 18.4. The Balaban J connectivity index is 1.87. The van der Waals surface area contributed by atoms with Crippen LogP contribution in [0.1, 0.15) is 0 Å². The maximum Gasteiger partial charge on any atom is 0.573 e. The lowest BCUT2D eigenvalue weighted by Crippen LogP contribution is -2.73. The molecule has 3 rings (SSSR count). The largest absolute Gasteiger partial charge is 0.573 e. The van der Waals surface area contributed by atoms with Gasteiger partial charge in [-0.25, -0.2) is 0 Å². The zero-order valence-corrected chi connectivity index (χ0v) is 14.2. The lowest BCUT2D eigenvalue weighted by atomic mass is 10.0. The molecule has 2 fully saturated rings. The number of amides is 1. The molecule has 0 bridgehead atoms. The lowest BCUT2D eigenvalue weighted by Gasteiger charge is -2.52. The van der Waals surface area contributed by atoms with Gasteiger partial charge in [0.15, 0.2) is 0 Å². The molecule has 0 spiro atoms. The maximum atomic E-state index is 12.6. The highest BCUT2D eigenvalue weighted by atomic mass is 32.2. The second kappa shape index (κ2) is 6.29. The van der Waals surface area contributed by atoms with Gasteiger partial charge in [-0.3, -0.25) is 9.59 Å². The molecule has 1 unspecified atom stereocenters. The summed E-state index contributed by atoms with van der Waals surface area (Å²) in [5.74, 6) is -1.93. The summed E-state index contributed by atoms with van der Waals surface area (Å²) in [7, 11) is 0. The number of nitrogens with zero attached hydrogens (tertiary/aromatic N) is 1. The first kappa shape index (κ1) is 18.2. The third-order valence-corrected chi connectivity index (χ3v) is 6.99. The summed E-state index contributed by atoms with van der Waals surface area (Å²) >= 11 is 1.96. The van der Waals surface area contributed by atoms with Gasteiger partial charge < -0.3 is 20.5 Å². The average molecular weight is 394 g/mol. The minimum absolute atomic E-state index is 0.0403. The van der Waals surface area contributed by atoms with Gasteiger partial charge in [0.25, 0.3) is 0 Å². The molecule has 1 aromatic carbocycles. The molecule has 0 aromatic heterocycles. The van der Waals surface area contributed by atoms with Crippen molar-refractivity contribution < 1.29 is 32.6 Å². The Bertz CT molecular complexity index is 718. The maximum absolute atomic E-state index is 12.6. The van der Waals surface area contributed by atoms with Crippen molar-refractivity contribution in [3.8, 4) is 5.75 Å². The van der Waals surface area contributed by atoms with Crippen molar-refractivity contribution in [3.05, 3.63) is 24.3 Å². The van der Waals surface area contributed by atoms with Crippen molar-refractivity contribution in [1.29, 1.82) is 0 Å². The van der Waals surface area contributed by atoms with Crippen LogP contribution >= 0.6 is 23.5 Å². The Morgan fingerprint density at radius 2 is 2.12 bits per heavy atom. The summed E-state index contributed by atoms with van der Waals surface area (Å²) in [5, 5.41) is 9.40.